The van der Waals surface area contributed by atoms with Gasteiger partial charge in [-0.3, -0.25) is 4.79 Å². The van der Waals surface area contributed by atoms with Crippen LogP contribution in [-0.4, -0.2) is 0 Å². The summed E-state index contributed by atoms with van der Waals surface area (Å²) in [5.41, 5.74) is 0.0423. The predicted molar refractivity (Wildman–Crippen MR) is 108 cm³/mol. The van der Waals surface area contributed by atoms with Gasteiger partial charge in [-0.05, 0) is 70.0 Å². The molecule has 4 rings (SSSR count). The van der Waals surface area contributed by atoms with Gasteiger partial charge in [0.05, 0.1) is 0 Å². The summed E-state index contributed by atoms with van der Waals surface area (Å²) in [5, 5.41) is 5.47. The van der Waals surface area contributed by atoms with E-state index in [2.05, 4.69) is 59.9 Å². The van der Waals surface area contributed by atoms with Crippen molar-refractivity contribution in [2.24, 2.45) is 0 Å². The third kappa shape index (κ3) is 2.27. The quantitative estimate of drug-likeness (QED) is 0.247. The molecule has 0 heterocycles. The molecule has 4 aromatic carbocycles. The van der Waals surface area contributed by atoms with Gasteiger partial charge in [-0.25, -0.2) is 0 Å². The van der Waals surface area contributed by atoms with E-state index in [1.54, 1.807) is 0 Å². The van der Waals surface area contributed by atoms with Crippen molar-refractivity contribution in [1.82, 2.24) is 0 Å². The van der Waals surface area contributed by atoms with Crippen LogP contribution in [0.2, 0.25) is 0 Å². The van der Waals surface area contributed by atoms with Gasteiger partial charge in [0, 0.05) is 29.6 Å². The van der Waals surface area contributed by atoms with Gasteiger partial charge in [0.25, 0.3) is 0 Å². The van der Waals surface area contributed by atoms with Crippen LogP contribution in [0.3, 0.4) is 0 Å². The fraction of sp³-hybridized carbons (Fsp3) is 0. The van der Waals surface area contributed by atoms with E-state index in [9.17, 15) is 4.79 Å². The lowest BCUT2D eigenvalue weighted by Gasteiger charge is -2.05. The van der Waals surface area contributed by atoms with Crippen LogP contribution in [0.5, 0.6) is 0 Å². The van der Waals surface area contributed by atoms with E-state index in [-0.39, 0.29) is 5.43 Å². The molecule has 0 fully saturated rings. The number of benzene rings is 3. The minimum Gasteiger partial charge on any atom is -0.289 e. The number of fused-ring (bicyclic) bond motifs is 5. The van der Waals surface area contributed by atoms with Crippen LogP contribution in [-0.2, 0) is 0 Å². The molecule has 4 heteroatoms. The van der Waals surface area contributed by atoms with Crippen molar-refractivity contribution in [3.63, 3.8) is 0 Å². The summed E-state index contributed by atoms with van der Waals surface area (Å²) in [4.78, 5) is 13.2. The lowest BCUT2D eigenvalue weighted by Crippen LogP contribution is -1.98. The number of halogens is 3. The van der Waals surface area contributed by atoms with E-state index >= 15 is 0 Å². The molecule has 0 spiro atoms. The molecule has 1 nitrogen and oxygen atoms in total. The van der Waals surface area contributed by atoms with Crippen LogP contribution in [0.25, 0.3) is 32.3 Å². The highest BCUT2D eigenvalue weighted by molar-refractivity contribution is 9.14. The van der Waals surface area contributed by atoms with Gasteiger partial charge in [-0.2, -0.15) is 0 Å². The third-order valence-electron chi connectivity index (χ3n) is 4.07. The monoisotopic (exact) mass is 490 g/mol. The molecule has 112 valence electrons. The Morgan fingerprint density at radius 1 is 0.609 bits per heavy atom. The van der Waals surface area contributed by atoms with E-state index in [4.69, 9.17) is 0 Å². The van der Waals surface area contributed by atoms with Gasteiger partial charge in [-0.15, -0.1) is 0 Å². The van der Waals surface area contributed by atoms with Crippen LogP contribution in [0.15, 0.2) is 72.8 Å². The summed E-state index contributed by atoms with van der Waals surface area (Å²) in [5.74, 6) is 0. The fourth-order valence-electron chi connectivity index (χ4n) is 3.03. The van der Waals surface area contributed by atoms with Gasteiger partial charge in [0.15, 0.2) is 5.43 Å². The lowest BCUT2D eigenvalue weighted by molar-refractivity contribution is 1.61. The first kappa shape index (κ1) is 15.3. The van der Waals surface area contributed by atoms with E-state index in [0.717, 1.165) is 40.3 Å². The average Bonchev–Trinajstić information content (AvgIpc) is 2.68. The zero-order chi connectivity index (χ0) is 16.1. The summed E-state index contributed by atoms with van der Waals surface area (Å²) < 4.78 is 2.65. The molecule has 0 aliphatic heterocycles. The zero-order valence-electron chi connectivity index (χ0n) is 11.7. The second-order valence-corrected chi connectivity index (χ2v) is 7.77. The topological polar surface area (TPSA) is 17.1 Å². The molecule has 0 atom stereocenters. The van der Waals surface area contributed by atoms with Crippen molar-refractivity contribution in [2.45, 2.75) is 0 Å². The summed E-state index contributed by atoms with van der Waals surface area (Å²) in [6, 6.07) is 17.8. The molecule has 0 saturated heterocycles. The Hall–Kier alpha value is -1.23. The van der Waals surface area contributed by atoms with Crippen molar-refractivity contribution in [3.8, 4) is 0 Å². The summed E-state index contributed by atoms with van der Waals surface area (Å²) in [6.45, 7) is 0. The smallest absolute Gasteiger partial charge is 0.194 e. The second-order valence-electron chi connectivity index (χ2n) is 5.33. The molecule has 0 unspecified atom stereocenters. The molecule has 0 radical (unpaired) electrons. The number of rotatable bonds is 0. The van der Waals surface area contributed by atoms with Crippen molar-refractivity contribution in [1.29, 1.82) is 0 Å². The highest BCUT2D eigenvalue weighted by Gasteiger charge is 2.14. The Bertz CT molecular complexity index is 1170. The minimum absolute atomic E-state index is 0.0423. The molecular formula is C19H9Br3O. The van der Waals surface area contributed by atoms with Gasteiger partial charge in [-0.1, -0.05) is 48.5 Å². The van der Waals surface area contributed by atoms with Crippen molar-refractivity contribution < 1.29 is 0 Å². The standard InChI is InChI=1S/C19H9Br3O/c20-15-9-14-16(18(22)17(15)21)12-7-3-1-5-10(12)11-6-2-4-8-13(11)19(14)23/h1-9H. The third-order valence-corrected chi connectivity index (χ3v) is 7.37. The van der Waals surface area contributed by atoms with Crippen LogP contribution in [0.4, 0.5) is 0 Å². The predicted octanol–water partition coefficient (Wildman–Crippen LogP) is 6.79. The number of hydrogen-bond acceptors (Lipinski definition) is 1. The summed E-state index contributed by atoms with van der Waals surface area (Å²) in [7, 11) is 0. The first-order chi connectivity index (χ1) is 11.1. The van der Waals surface area contributed by atoms with Crippen molar-refractivity contribution >= 4 is 80.1 Å². The Morgan fingerprint density at radius 3 is 1.78 bits per heavy atom. The normalized spacial score (nSPS) is 11.4. The maximum Gasteiger partial charge on any atom is 0.194 e. The minimum atomic E-state index is 0.0423. The van der Waals surface area contributed by atoms with E-state index in [1.807, 2.05) is 42.5 Å². The second kappa shape index (κ2) is 5.69. The van der Waals surface area contributed by atoms with Gasteiger partial charge < -0.3 is 0 Å². The average molecular weight is 493 g/mol. The Balaban J connectivity index is 2.54. The van der Waals surface area contributed by atoms with Gasteiger partial charge in [0.2, 0.25) is 0 Å². The molecule has 0 saturated carbocycles. The Morgan fingerprint density at radius 2 is 1.13 bits per heavy atom. The molecule has 0 aromatic heterocycles. The molecule has 0 N–H and O–H groups in total. The SMILES string of the molecule is O=c1c2ccccc2c2ccccc2c2c(Br)c(Br)c(Br)cc12. The molecular weight excluding hydrogens is 484 g/mol. The maximum atomic E-state index is 13.2. The molecule has 0 aliphatic carbocycles. The molecule has 0 aliphatic rings. The van der Waals surface area contributed by atoms with Crippen molar-refractivity contribution in [3.05, 3.63) is 78.2 Å². The first-order valence-electron chi connectivity index (χ1n) is 7.00. The summed E-state index contributed by atoms with van der Waals surface area (Å²) in [6.07, 6.45) is 0. The highest BCUT2D eigenvalue weighted by Crippen LogP contribution is 2.40. The molecule has 23 heavy (non-hydrogen) atoms. The van der Waals surface area contributed by atoms with Crippen LogP contribution in [0.1, 0.15) is 0 Å². The largest absolute Gasteiger partial charge is 0.289 e. The summed E-state index contributed by atoms with van der Waals surface area (Å²) >= 11 is 10.8. The Kier molecular flexibility index (Phi) is 3.79. The number of hydrogen-bond donors (Lipinski definition) is 0. The van der Waals surface area contributed by atoms with Crippen LogP contribution >= 0.6 is 47.8 Å². The molecule has 0 bridgehead atoms. The Labute approximate surface area is 157 Å². The van der Waals surface area contributed by atoms with E-state index < -0.39 is 0 Å². The zero-order valence-corrected chi connectivity index (χ0v) is 16.5. The van der Waals surface area contributed by atoms with E-state index in [1.165, 1.54) is 0 Å². The van der Waals surface area contributed by atoms with Gasteiger partial charge >= 0.3 is 0 Å². The molecule has 0 amide bonds. The van der Waals surface area contributed by atoms with Crippen molar-refractivity contribution in [2.75, 3.05) is 0 Å². The first-order valence-corrected chi connectivity index (χ1v) is 9.38. The van der Waals surface area contributed by atoms with E-state index in [0.29, 0.717) is 5.39 Å². The van der Waals surface area contributed by atoms with Gasteiger partial charge in [0.1, 0.15) is 0 Å². The van der Waals surface area contributed by atoms with Crippen LogP contribution in [0, 0.1) is 0 Å². The molecule has 4 aromatic rings. The maximum absolute atomic E-state index is 13.2. The van der Waals surface area contributed by atoms with Crippen LogP contribution < -0.4 is 5.43 Å². The highest BCUT2D eigenvalue weighted by atomic mass is 79.9. The fourth-order valence-corrected chi connectivity index (χ4v) is 4.68. The lowest BCUT2D eigenvalue weighted by atomic mass is 10.1.